The molecule has 146 valence electrons. The predicted molar refractivity (Wildman–Crippen MR) is 98.1 cm³/mol. The zero-order valence-corrected chi connectivity index (χ0v) is 15.8. The Labute approximate surface area is 158 Å². The minimum Gasteiger partial charge on any atom is -0.497 e. The molecule has 0 aromatic heterocycles. The summed E-state index contributed by atoms with van der Waals surface area (Å²) in [5, 5.41) is 9.42. The SMILES string of the molecule is COc1ccc(COc2c(F)cc(CO)cc2C2OCC(C)(C)CO2)cc1. The Kier molecular flexibility index (Phi) is 5.99. The summed E-state index contributed by atoms with van der Waals surface area (Å²) < 4.78 is 37.1. The van der Waals surface area contributed by atoms with Crippen molar-refractivity contribution >= 4 is 0 Å². The molecule has 0 saturated carbocycles. The molecule has 1 fully saturated rings. The van der Waals surface area contributed by atoms with Crippen molar-refractivity contribution in [1.82, 2.24) is 0 Å². The summed E-state index contributed by atoms with van der Waals surface area (Å²) in [6.45, 7) is 4.96. The van der Waals surface area contributed by atoms with Gasteiger partial charge in [0.2, 0.25) is 0 Å². The lowest BCUT2D eigenvalue weighted by Gasteiger charge is -2.35. The fourth-order valence-electron chi connectivity index (χ4n) is 2.84. The number of hydrogen-bond donors (Lipinski definition) is 1. The van der Waals surface area contributed by atoms with E-state index in [4.69, 9.17) is 18.9 Å². The van der Waals surface area contributed by atoms with Crippen LogP contribution in [0.3, 0.4) is 0 Å². The Bertz CT molecular complexity index is 763. The topological polar surface area (TPSA) is 57.2 Å². The summed E-state index contributed by atoms with van der Waals surface area (Å²) >= 11 is 0. The number of aliphatic hydroxyl groups excluding tert-OH is 1. The quantitative estimate of drug-likeness (QED) is 0.827. The molecule has 6 heteroatoms. The molecule has 5 nitrogen and oxygen atoms in total. The molecule has 2 aromatic carbocycles. The van der Waals surface area contributed by atoms with Crippen molar-refractivity contribution in [3.05, 3.63) is 58.9 Å². The average molecular weight is 376 g/mol. The van der Waals surface area contributed by atoms with Crippen LogP contribution in [-0.2, 0) is 22.7 Å². The van der Waals surface area contributed by atoms with Crippen LogP contribution in [0.5, 0.6) is 11.5 Å². The van der Waals surface area contributed by atoms with Gasteiger partial charge in [0.25, 0.3) is 0 Å². The molecule has 0 radical (unpaired) electrons. The molecule has 0 atom stereocenters. The molecule has 0 aliphatic carbocycles. The van der Waals surface area contributed by atoms with Crippen LogP contribution in [0.4, 0.5) is 4.39 Å². The highest BCUT2D eigenvalue weighted by Gasteiger charge is 2.32. The van der Waals surface area contributed by atoms with Gasteiger partial charge >= 0.3 is 0 Å². The first kappa shape index (κ1) is 19.6. The van der Waals surface area contributed by atoms with E-state index in [9.17, 15) is 9.50 Å². The molecule has 2 aromatic rings. The third-order valence-corrected chi connectivity index (χ3v) is 4.36. The molecule has 1 aliphatic rings. The first-order chi connectivity index (χ1) is 12.9. The van der Waals surface area contributed by atoms with Gasteiger partial charge < -0.3 is 24.1 Å². The lowest BCUT2D eigenvalue weighted by Crippen LogP contribution is -2.34. The molecule has 1 saturated heterocycles. The maximum atomic E-state index is 14.7. The average Bonchev–Trinajstić information content (AvgIpc) is 2.67. The van der Waals surface area contributed by atoms with Crippen molar-refractivity contribution < 1.29 is 28.4 Å². The molecule has 0 bridgehead atoms. The number of halogens is 1. The van der Waals surface area contributed by atoms with Crippen molar-refractivity contribution in [2.45, 2.75) is 33.4 Å². The van der Waals surface area contributed by atoms with Crippen molar-refractivity contribution in [2.24, 2.45) is 5.41 Å². The van der Waals surface area contributed by atoms with E-state index in [1.54, 1.807) is 13.2 Å². The minimum atomic E-state index is -0.732. The van der Waals surface area contributed by atoms with Crippen molar-refractivity contribution in [1.29, 1.82) is 0 Å². The van der Waals surface area contributed by atoms with Gasteiger partial charge in [-0.1, -0.05) is 26.0 Å². The second-order valence-corrected chi connectivity index (χ2v) is 7.41. The Morgan fingerprint density at radius 2 is 1.78 bits per heavy atom. The van der Waals surface area contributed by atoms with Crippen LogP contribution < -0.4 is 9.47 Å². The second-order valence-electron chi connectivity index (χ2n) is 7.41. The van der Waals surface area contributed by atoms with Gasteiger partial charge in [-0.25, -0.2) is 4.39 Å². The molecule has 0 spiro atoms. The summed E-state index contributed by atoms with van der Waals surface area (Å²) in [5.74, 6) is 0.263. The Morgan fingerprint density at radius 1 is 1.11 bits per heavy atom. The first-order valence-corrected chi connectivity index (χ1v) is 8.84. The Balaban J connectivity index is 1.82. The van der Waals surface area contributed by atoms with E-state index in [-0.39, 0.29) is 24.4 Å². The summed E-state index contributed by atoms with van der Waals surface area (Å²) in [4.78, 5) is 0. The van der Waals surface area contributed by atoms with Crippen molar-refractivity contribution in [3.8, 4) is 11.5 Å². The van der Waals surface area contributed by atoms with Gasteiger partial charge in [0.05, 0.1) is 32.5 Å². The largest absolute Gasteiger partial charge is 0.497 e. The highest BCUT2D eigenvalue weighted by Crippen LogP contribution is 2.37. The van der Waals surface area contributed by atoms with E-state index in [0.29, 0.717) is 24.3 Å². The van der Waals surface area contributed by atoms with Crippen molar-refractivity contribution in [3.63, 3.8) is 0 Å². The van der Waals surface area contributed by atoms with Crippen LogP contribution in [0.2, 0.25) is 0 Å². The van der Waals surface area contributed by atoms with Gasteiger partial charge in [-0.3, -0.25) is 0 Å². The third kappa shape index (κ3) is 4.77. The van der Waals surface area contributed by atoms with Crippen LogP contribution in [0.15, 0.2) is 36.4 Å². The first-order valence-electron chi connectivity index (χ1n) is 8.84. The van der Waals surface area contributed by atoms with Crippen molar-refractivity contribution in [2.75, 3.05) is 20.3 Å². The molecule has 0 amide bonds. The van der Waals surface area contributed by atoms with E-state index < -0.39 is 12.1 Å². The third-order valence-electron chi connectivity index (χ3n) is 4.36. The normalized spacial score (nSPS) is 16.9. The van der Waals surface area contributed by atoms with Crippen LogP contribution in [0.25, 0.3) is 0 Å². The van der Waals surface area contributed by atoms with E-state index in [1.807, 2.05) is 38.1 Å². The summed E-state index contributed by atoms with van der Waals surface area (Å²) in [6.07, 6.45) is -0.732. The van der Waals surface area contributed by atoms with Gasteiger partial charge in [-0.15, -0.1) is 0 Å². The fourth-order valence-corrected chi connectivity index (χ4v) is 2.84. The highest BCUT2D eigenvalue weighted by atomic mass is 19.1. The van der Waals surface area contributed by atoms with Crippen LogP contribution >= 0.6 is 0 Å². The molecular weight excluding hydrogens is 351 g/mol. The van der Waals surface area contributed by atoms with Gasteiger partial charge in [-0.05, 0) is 35.4 Å². The zero-order chi connectivity index (χ0) is 19.4. The van der Waals surface area contributed by atoms with Gasteiger partial charge in [0.1, 0.15) is 12.4 Å². The van der Waals surface area contributed by atoms with Gasteiger partial charge in [0, 0.05) is 5.41 Å². The lowest BCUT2D eigenvalue weighted by atomic mass is 9.95. The van der Waals surface area contributed by atoms with Gasteiger partial charge in [-0.2, -0.15) is 0 Å². The number of aliphatic hydroxyl groups is 1. The number of hydrogen-bond acceptors (Lipinski definition) is 5. The van der Waals surface area contributed by atoms with Crippen LogP contribution in [0.1, 0.15) is 36.8 Å². The molecule has 0 unspecified atom stereocenters. The number of benzene rings is 2. The molecule has 27 heavy (non-hydrogen) atoms. The predicted octanol–water partition coefficient (Wildman–Crippen LogP) is 3.98. The Hall–Kier alpha value is -2.15. The molecule has 3 rings (SSSR count). The van der Waals surface area contributed by atoms with E-state index in [2.05, 4.69) is 0 Å². The van der Waals surface area contributed by atoms with E-state index in [1.165, 1.54) is 6.07 Å². The zero-order valence-electron chi connectivity index (χ0n) is 15.8. The Morgan fingerprint density at radius 3 is 2.37 bits per heavy atom. The summed E-state index contributed by atoms with van der Waals surface area (Å²) in [6, 6.07) is 10.3. The van der Waals surface area contributed by atoms with Crippen LogP contribution in [-0.4, -0.2) is 25.4 Å². The van der Waals surface area contributed by atoms with E-state index in [0.717, 1.165) is 11.3 Å². The van der Waals surface area contributed by atoms with Crippen LogP contribution in [0, 0.1) is 11.2 Å². The monoisotopic (exact) mass is 376 g/mol. The van der Waals surface area contributed by atoms with E-state index >= 15 is 0 Å². The minimum absolute atomic E-state index is 0.0766. The lowest BCUT2D eigenvalue weighted by molar-refractivity contribution is -0.226. The molecule has 1 heterocycles. The summed E-state index contributed by atoms with van der Waals surface area (Å²) in [7, 11) is 1.60. The maximum Gasteiger partial charge on any atom is 0.187 e. The smallest absolute Gasteiger partial charge is 0.187 e. The number of ether oxygens (including phenoxy) is 4. The fraction of sp³-hybridized carbons (Fsp3) is 0.429. The maximum absolute atomic E-state index is 14.7. The molecular formula is C21H25FO5. The molecule has 1 aliphatic heterocycles. The standard InChI is InChI=1S/C21H25FO5/c1-21(2)12-26-20(27-13-21)17-8-15(10-23)9-18(22)19(17)25-11-14-4-6-16(24-3)7-5-14/h4-9,20,23H,10-13H2,1-3H3. The molecule has 1 N–H and O–H groups in total. The number of rotatable bonds is 6. The number of methoxy groups -OCH3 is 1. The summed E-state index contributed by atoms with van der Waals surface area (Å²) in [5.41, 5.74) is 1.66. The second kappa shape index (κ2) is 8.25. The van der Waals surface area contributed by atoms with Gasteiger partial charge in [0.15, 0.2) is 17.9 Å². The highest BCUT2D eigenvalue weighted by molar-refractivity contribution is 5.40.